The quantitative estimate of drug-likeness (QED) is 0.747. The van der Waals surface area contributed by atoms with Crippen LogP contribution in [0.2, 0.25) is 4.34 Å². The van der Waals surface area contributed by atoms with Crippen LogP contribution in [0, 0.1) is 5.92 Å². The Bertz CT molecular complexity index is 422. The van der Waals surface area contributed by atoms with E-state index in [4.69, 9.17) is 11.6 Å². The molecule has 1 aliphatic rings. The summed E-state index contributed by atoms with van der Waals surface area (Å²) in [5.41, 5.74) is 1.01. The molecule has 1 heterocycles. The van der Waals surface area contributed by atoms with Gasteiger partial charge in [0.1, 0.15) is 5.78 Å². The Kier molecular flexibility index (Phi) is 2.94. The molecule has 1 aliphatic carbocycles. The number of ketones is 2. The van der Waals surface area contributed by atoms with Crippen molar-refractivity contribution in [2.24, 2.45) is 5.92 Å². The number of Topliss-reactive ketones (excluding diaryl/α,β-unsaturated/α-hetero) is 2. The third-order valence-electron chi connectivity index (χ3n) is 2.76. The molecule has 1 atom stereocenters. The highest BCUT2D eigenvalue weighted by Gasteiger charge is 2.33. The number of rotatable bonds is 2. The van der Waals surface area contributed by atoms with E-state index in [9.17, 15) is 9.59 Å². The second kappa shape index (κ2) is 4.06. The zero-order chi connectivity index (χ0) is 11.0. The van der Waals surface area contributed by atoms with Crippen LogP contribution in [0.4, 0.5) is 0 Å². The van der Waals surface area contributed by atoms with Crippen LogP contribution in [0.15, 0.2) is 6.07 Å². The van der Waals surface area contributed by atoms with Gasteiger partial charge in [-0.1, -0.05) is 18.5 Å². The molecule has 0 fully saturated rings. The van der Waals surface area contributed by atoms with E-state index in [0.717, 1.165) is 12.0 Å². The van der Waals surface area contributed by atoms with Crippen LogP contribution in [-0.4, -0.2) is 11.6 Å². The summed E-state index contributed by atoms with van der Waals surface area (Å²) in [6, 6.07) is 1.84. The molecule has 0 aromatic carbocycles. The Morgan fingerprint density at radius 1 is 1.67 bits per heavy atom. The number of hydrogen-bond donors (Lipinski definition) is 0. The van der Waals surface area contributed by atoms with E-state index >= 15 is 0 Å². The van der Waals surface area contributed by atoms with Crippen molar-refractivity contribution in [2.75, 3.05) is 0 Å². The van der Waals surface area contributed by atoms with E-state index in [0.29, 0.717) is 22.1 Å². The minimum Gasteiger partial charge on any atom is -0.299 e. The molecule has 0 saturated heterocycles. The standard InChI is InChI=1S/C11H11ClO2S/c1-2-8(13)7-4-3-6-5-9(12)15-11(6)10(7)14/h5,7H,2-4H2,1H3. The summed E-state index contributed by atoms with van der Waals surface area (Å²) < 4.78 is 0.637. The lowest BCUT2D eigenvalue weighted by molar-refractivity contribution is -0.121. The second-order valence-electron chi connectivity index (χ2n) is 3.68. The Morgan fingerprint density at radius 3 is 3.07 bits per heavy atom. The molecular weight excluding hydrogens is 232 g/mol. The van der Waals surface area contributed by atoms with Gasteiger partial charge in [-0.05, 0) is 24.5 Å². The fourth-order valence-electron chi connectivity index (χ4n) is 1.93. The van der Waals surface area contributed by atoms with Gasteiger partial charge in [0, 0.05) is 6.42 Å². The first-order valence-corrected chi connectivity index (χ1v) is 6.18. The van der Waals surface area contributed by atoms with Gasteiger partial charge in [-0.15, -0.1) is 11.3 Å². The maximum Gasteiger partial charge on any atom is 0.183 e. The van der Waals surface area contributed by atoms with Gasteiger partial charge < -0.3 is 0 Å². The largest absolute Gasteiger partial charge is 0.299 e. The molecule has 1 aromatic heterocycles. The molecule has 0 amide bonds. The maximum atomic E-state index is 12.0. The zero-order valence-corrected chi connectivity index (χ0v) is 9.95. The van der Waals surface area contributed by atoms with Crippen LogP contribution in [0.25, 0.3) is 0 Å². The molecule has 4 heteroatoms. The topological polar surface area (TPSA) is 34.1 Å². The Balaban J connectivity index is 2.33. The molecule has 1 unspecified atom stereocenters. The van der Waals surface area contributed by atoms with Crippen molar-refractivity contribution < 1.29 is 9.59 Å². The van der Waals surface area contributed by atoms with Crippen LogP contribution in [0.5, 0.6) is 0 Å². The molecule has 2 rings (SSSR count). The number of thiophene rings is 1. The van der Waals surface area contributed by atoms with Gasteiger partial charge in [0.25, 0.3) is 0 Å². The van der Waals surface area contributed by atoms with Crippen molar-refractivity contribution >= 4 is 34.5 Å². The number of halogens is 1. The smallest absolute Gasteiger partial charge is 0.183 e. The fraction of sp³-hybridized carbons (Fsp3) is 0.455. The molecular formula is C11H11ClO2S. The molecule has 0 saturated carbocycles. The van der Waals surface area contributed by atoms with Crippen molar-refractivity contribution in [3.05, 3.63) is 20.8 Å². The average molecular weight is 243 g/mol. The van der Waals surface area contributed by atoms with Gasteiger partial charge in [-0.3, -0.25) is 9.59 Å². The van der Waals surface area contributed by atoms with E-state index in [1.54, 1.807) is 6.92 Å². The van der Waals surface area contributed by atoms with Crippen molar-refractivity contribution in [3.63, 3.8) is 0 Å². The van der Waals surface area contributed by atoms with Gasteiger partial charge in [0.15, 0.2) is 5.78 Å². The Hall–Kier alpha value is -0.670. The van der Waals surface area contributed by atoms with Crippen molar-refractivity contribution in [1.29, 1.82) is 0 Å². The van der Waals surface area contributed by atoms with Gasteiger partial charge in [-0.25, -0.2) is 0 Å². The molecule has 0 N–H and O–H groups in total. The maximum absolute atomic E-state index is 12.0. The van der Waals surface area contributed by atoms with Crippen molar-refractivity contribution in [3.8, 4) is 0 Å². The molecule has 0 aliphatic heterocycles. The summed E-state index contributed by atoms with van der Waals surface area (Å²) in [7, 11) is 0. The van der Waals surface area contributed by atoms with Gasteiger partial charge in [0.2, 0.25) is 0 Å². The normalized spacial score (nSPS) is 20.1. The van der Waals surface area contributed by atoms with E-state index < -0.39 is 5.92 Å². The average Bonchev–Trinajstić information content (AvgIpc) is 2.59. The van der Waals surface area contributed by atoms with Crippen molar-refractivity contribution in [2.45, 2.75) is 26.2 Å². The zero-order valence-electron chi connectivity index (χ0n) is 8.38. The first kappa shape index (κ1) is 10.8. The lowest BCUT2D eigenvalue weighted by Gasteiger charge is -2.18. The van der Waals surface area contributed by atoms with Crippen molar-refractivity contribution in [1.82, 2.24) is 0 Å². The highest BCUT2D eigenvalue weighted by molar-refractivity contribution is 7.18. The third kappa shape index (κ3) is 1.86. The first-order chi connectivity index (χ1) is 7.13. The number of fused-ring (bicyclic) bond motifs is 1. The SMILES string of the molecule is CCC(=O)C1CCc2cc(Cl)sc2C1=O. The lowest BCUT2D eigenvalue weighted by Crippen LogP contribution is -2.27. The number of carbonyl (C=O) groups excluding carboxylic acids is 2. The summed E-state index contributed by atoms with van der Waals surface area (Å²) >= 11 is 7.15. The molecule has 0 radical (unpaired) electrons. The summed E-state index contributed by atoms with van der Waals surface area (Å²) in [4.78, 5) is 24.2. The van der Waals surface area contributed by atoms with Crippen LogP contribution in [-0.2, 0) is 11.2 Å². The molecule has 15 heavy (non-hydrogen) atoms. The third-order valence-corrected chi connectivity index (χ3v) is 4.08. The second-order valence-corrected chi connectivity index (χ2v) is 5.36. The number of aryl methyl sites for hydroxylation is 1. The Morgan fingerprint density at radius 2 is 2.40 bits per heavy atom. The predicted molar refractivity (Wildman–Crippen MR) is 60.8 cm³/mol. The van der Waals surface area contributed by atoms with E-state index in [1.807, 2.05) is 6.07 Å². The van der Waals surface area contributed by atoms with E-state index in [1.165, 1.54) is 11.3 Å². The van der Waals surface area contributed by atoms with Crippen LogP contribution < -0.4 is 0 Å². The predicted octanol–water partition coefficient (Wildman–Crippen LogP) is 3.13. The van der Waals surface area contributed by atoms with Gasteiger partial charge in [-0.2, -0.15) is 0 Å². The molecule has 0 spiro atoms. The molecule has 2 nitrogen and oxygen atoms in total. The van der Waals surface area contributed by atoms with Gasteiger partial charge in [0.05, 0.1) is 15.1 Å². The highest BCUT2D eigenvalue weighted by atomic mass is 35.5. The summed E-state index contributed by atoms with van der Waals surface area (Å²) in [6.45, 7) is 1.80. The monoisotopic (exact) mass is 242 g/mol. The lowest BCUT2D eigenvalue weighted by atomic mass is 9.84. The molecule has 80 valence electrons. The molecule has 0 bridgehead atoms. The summed E-state index contributed by atoms with van der Waals surface area (Å²) in [5, 5.41) is 0. The van der Waals surface area contributed by atoms with Crippen LogP contribution in [0.1, 0.15) is 35.0 Å². The molecule has 1 aromatic rings. The van der Waals surface area contributed by atoms with Crippen LogP contribution in [0.3, 0.4) is 0 Å². The first-order valence-electron chi connectivity index (χ1n) is 4.98. The van der Waals surface area contributed by atoms with E-state index in [2.05, 4.69) is 0 Å². The fourth-order valence-corrected chi connectivity index (χ4v) is 3.23. The van der Waals surface area contributed by atoms with Gasteiger partial charge >= 0.3 is 0 Å². The summed E-state index contributed by atoms with van der Waals surface area (Å²) in [5.74, 6) is -0.396. The minimum absolute atomic E-state index is 0.0278. The van der Waals surface area contributed by atoms with E-state index in [-0.39, 0.29) is 11.6 Å². The highest BCUT2D eigenvalue weighted by Crippen LogP contribution is 2.35. The number of carbonyl (C=O) groups is 2. The minimum atomic E-state index is -0.419. The van der Waals surface area contributed by atoms with Crippen LogP contribution >= 0.6 is 22.9 Å². The Labute approximate surface area is 97.2 Å². The number of hydrogen-bond acceptors (Lipinski definition) is 3. The summed E-state index contributed by atoms with van der Waals surface area (Å²) in [6.07, 6.45) is 1.87.